The quantitative estimate of drug-likeness (QED) is 0.588. The topological polar surface area (TPSA) is 94.2 Å². The Morgan fingerprint density at radius 2 is 1.79 bits per heavy atom. The summed E-state index contributed by atoms with van der Waals surface area (Å²) < 4.78 is 16.9. The smallest absolute Gasteiger partial charge is 0.251 e. The number of benzene rings is 2. The van der Waals surface area contributed by atoms with Crippen molar-refractivity contribution >= 4 is 17.7 Å². The van der Waals surface area contributed by atoms with E-state index >= 15 is 0 Å². The second-order valence-electron chi connectivity index (χ2n) is 8.18. The molecular weight excluding hydrogens is 424 g/mol. The lowest BCUT2D eigenvalue weighted by Gasteiger charge is -2.15. The van der Waals surface area contributed by atoms with Crippen LogP contribution in [0.1, 0.15) is 47.2 Å². The summed E-state index contributed by atoms with van der Waals surface area (Å²) in [7, 11) is 1.58. The van der Waals surface area contributed by atoms with Crippen LogP contribution in [0.2, 0.25) is 0 Å². The summed E-state index contributed by atoms with van der Waals surface area (Å²) in [6, 6.07) is 12.5. The number of hydrogen-bond acceptors (Lipinski definition) is 6. The van der Waals surface area contributed by atoms with Crippen LogP contribution in [-0.4, -0.2) is 49.0 Å². The van der Waals surface area contributed by atoms with Crippen molar-refractivity contribution in [2.45, 2.75) is 44.9 Å². The van der Waals surface area contributed by atoms with Crippen LogP contribution in [0.15, 0.2) is 42.5 Å². The van der Waals surface area contributed by atoms with E-state index < -0.39 is 0 Å². The zero-order chi connectivity index (χ0) is 23.2. The number of hydrogen-bond donors (Lipinski definition) is 1. The van der Waals surface area contributed by atoms with Crippen molar-refractivity contribution in [2.24, 2.45) is 0 Å². The molecule has 2 saturated heterocycles. The second kappa shape index (κ2) is 10.5. The fraction of sp³-hybridized carbons (Fsp3) is 0.400. The van der Waals surface area contributed by atoms with Gasteiger partial charge in [-0.15, -0.1) is 0 Å². The zero-order valence-electron chi connectivity index (χ0n) is 18.7. The number of methoxy groups -OCH3 is 1. The van der Waals surface area contributed by atoms with Crippen molar-refractivity contribution in [1.29, 1.82) is 0 Å². The van der Waals surface area contributed by atoms with Gasteiger partial charge in [-0.05, 0) is 48.2 Å². The number of amides is 3. The van der Waals surface area contributed by atoms with Gasteiger partial charge in [-0.1, -0.05) is 18.2 Å². The Morgan fingerprint density at radius 3 is 2.45 bits per heavy atom. The Hall–Kier alpha value is -3.39. The summed E-state index contributed by atoms with van der Waals surface area (Å²) in [6.45, 7) is 1.84. The maximum Gasteiger partial charge on any atom is 0.251 e. The molecule has 1 unspecified atom stereocenters. The average molecular weight is 453 g/mol. The molecular formula is C25H28N2O6. The molecule has 0 bridgehead atoms. The summed E-state index contributed by atoms with van der Waals surface area (Å²) in [5, 5.41) is 2.90. The Morgan fingerprint density at radius 1 is 1.06 bits per heavy atom. The van der Waals surface area contributed by atoms with E-state index in [2.05, 4.69) is 5.32 Å². The summed E-state index contributed by atoms with van der Waals surface area (Å²) in [5.74, 6) is 0.734. The molecule has 8 nitrogen and oxygen atoms in total. The van der Waals surface area contributed by atoms with Crippen LogP contribution < -0.4 is 14.8 Å². The number of likely N-dealkylation sites (tertiary alicyclic amines) is 1. The third-order valence-electron chi connectivity index (χ3n) is 5.84. The number of rotatable bonds is 9. The molecule has 0 radical (unpaired) electrons. The van der Waals surface area contributed by atoms with Gasteiger partial charge in [0.15, 0.2) is 11.5 Å². The average Bonchev–Trinajstić information content (AvgIpc) is 3.47. The molecule has 2 fully saturated rings. The van der Waals surface area contributed by atoms with Gasteiger partial charge in [-0.25, -0.2) is 0 Å². The first-order valence-electron chi connectivity index (χ1n) is 11.1. The van der Waals surface area contributed by atoms with Crippen molar-refractivity contribution in [3.05, 3.63) is 59.2 Å². The van der Waals surface area contributed by atoms with Gasteiger partial charge in [0, 0.05) is 31.6 Å². The number of ether oxygens (including phenoxy) is 3. The Labute approximate surface area is 192 Å². The van der Waals surface area contributed by atoms with Gasteiger partial charge in [-0.2, -0.15) is 0 Å². The molecule has 2 aromatic carbocycles. The van der Waals surface area contributed by atoms with Crippen molar-refractivity contribution in [3.8, 4) is 11.5 Å². The fourth-order valence-corrected chi connectivity index (χ4v) is 3.93. The van der Waals surface area contributed by atoms with Crippen LogP contribution in [0.3, 0.4) is 0 Å². The van der Waals surface area contributed by atoms with Gasteiger partial charge in [0.05, 0.1) is 19.8 Å². The highest BCUT2D eigenvalue weighted by Gasteiger charge is 2.28. The lowest BCUT2D eigenvalue weighted by atomic mass is 10.1. The van der Waals surface area contributed by atoms with E-state index in [1.54, 1.807) is 31.4 Å². The van der Waals surface area contributed by atoms with Gasteiger partial charge in [0.2, 0.25) is 11.8 Å². The predicted molar refractivity (Wildman–Crippen MR) is 120 cm³/mol. The second-order valence-corrected chi connectivity index (χ2v) is 8.18. The third-order valence-corrected chi connectivity index (χ3v) is 5.84. The van der Waals surface area contributed by atoms with Crippen LogP contribution in [0.25, 0.3) is 0 Å². The molecule has 8 heteroatoms. The molecule has 2 aliphatic rings. The first-order chi connectivity index (χ1) is 16.0. The lowest BCUT2D eigenvalue weighted by Crippen LogP contribution is -2.28. The molecule has 2 aromatic rings. The van der Waals surface area contributed by atoms with Gasteiger partial charge in [-0.3, -0.25) is 19.3 Å². The van der Waals surface area contributed by atoms with Crippen molar-refractivity contribution < 1.29 is 28.6 Å². The zero-order valence-corrected chi connectivity index (χ0v) is 18.7. The highest BCUT2D eigenvalue weighted by atomic mass is 16.5. The molecule has 174 valence electrons. The predicted octanol–water partition coefficient (Wildman–Crippen LogP) is 2.83. The Kier molecular flexibility index (Phi) is 7.24. The van der Waals surface area contributed by atoms with Crippen LogP contribution >= 0.6 is 0 Å². The Bertz CT molecular complexity index is 998. The van der Waals surface area contributed by atoms with Gasteiger partial charge in [0.25, 0.3) is 5.91 Å². The summed E-state index contributed by atoms with van der Waals surface area (Å²) in [5.41, 5.74) is 2.19. The van der Waals surface area contributed by atoms with Crippen LogP contribution in [0.4, 0.5) is 0 Å². The third kappa shape index (κ3) is 5.70. The van der Waals surface area contributed by atoms with E-state index in [1.165, 1.54) is 4.90 Å². The normalized spacial score (nSPS) is 18.0. The minimum absolute atomic E-state index is 0.122. The molecule has 0 aromatic heterocycles. The van der Waals surface area contributed by atoms with Crippen LogP contribution in [-0.2, 0) is 27.4 Å². The SMILES string of the molecule is COc1cc(CNC(=O)c2ccc(CN3C(=O)CCC3=O)cc2)ccc1OCC1CCCO1. The van der Waals surface area contributed by atoms with Crippen LogP contribution in [0.5, 0.6) is 11.5 Å². The molecule has 33 heavy (non-hydrogen) atoms. The first-order valence-corrected chi connectivity index (χ1v) is 11.1. The van der Waals surface area contributed by atoms with E-state index in [4.69, 9.17) is 14.2 Å². The maximum atomic E-state index is 12.5. The summed E-state index contributed by atoms with van der Waals surface area (Å²) in [4.78, 5) is 37.3. The molecule has 4 rings (SSSR count). The van der Waals surface area contributed by atoms with Gasteiger partial charge in [0.1, 0.15) is 6.61 Å². The number of imide groups is 1. The highest BCUT2D eigenvalue weighted by molar-refractivity contribution is 6.01. The minimum Gasteiger partial charge on any atom is -0.493 e. The molecule has 0 spiro atoms. The number of carbonyl (C=O) groups is 3. The maximum absolute atomic E-state index is 12.5. The standard InChI is InChI=1S/C25H28N2O6/c1-31-22-13-18(6-9-21(22)33-16-20-3-2-12-32-20)14-26-25(30)19-7-4-17(5-8-19)15-27-23(28)10-11-24(27)29/h4-9,13,20H,2-3,10-12,14-16H2,1H3,(H,26,30). The number of nitrogens with one attached hydrogen (secondary N) is 1. The van der Waals surface area contributed by atoms with E-state index in [0.29, 0.717) is 30.2 Å². The van der Waals surface area contributed by atoms with Crippen molar-refractivity contribution in [2.75, 3.05) is 20.3 Å². The van der Waals surface area contributed by atoms with Crippen molar-refractivity contribution in [1.82, 2.24) is 10.2 Å². The monoisotopic (exact) mass is 452 g/mol. The molecule has 0 saturated carbocycles. The molecule has 1 N–H and O–H groups in total. The van der Waals surface area contributed by atoms with Gasteiger partial charge >= 0.3 is 0 Å². The van der Waals surface area contributed by atoms with Gasteiger partial charge < -0.3 is 19.5 Å². The molecule has 1 atom stereocenters. The van der Waals surface area contributed by atoms with E-state index in [1.807, 2.05) is 18.2 Å². The molecule has 2 heterocycles. The van der Waals surface area contributed by atoms with E-state index in [0.717, 1.165) is 30.6 Å². The van der Waals surface area contributed by atoms with Crippen molar-refractivity contribution in [3.63, 3.8) is 0 Å². The molecule has 2 aliphatic heterocycles. The minimum atomic E-state index is -0.215. The fourth-order valence-electron chi connectivity index (χ4n) is 3.93. The largest absolute Gasteiger partial charge is 0.493 e. The first kappa shape index (κ1) is 22.8. The van der Waals surface area contributed by atoms with E-state index in [9.17, 15) is 14.4 Å². The summed E-state index contributed by atoms with van der Waals surface area (Å²) >= 11 is 0. The lowest BCUT2D eigenvalue weighted by molar-refractivity contribution is -0.139. The summed E-state index contributed by atoms with van der Waals surface area (Å²) in [6.07, 6.45) is 2.72. The van der Waals surface area contributed by atoms with E-state index in [-0.39, 0.29) is 43.2 Å². The molecule has 3 amide bonds. The highest BCUT2D eigenvalue weighted by Crippen LogP contribution is 2.29. The number of carbonyl (C=O) groups excluding carboxylic acids is 3. The number of nitrogens with zero attached hydrogens (tertiary/aromatic N) is 1. The Balaban J connectivity index is 1.30. The molecule has 0 aliphatic carbocycles. The van der Waals surface area contributed by atoms with Crippen LogP contribution in [0, 0.1) is 0 Å².